The first-order chi connectivity index (χ1) is 7.86. The third kappa shape index (κ3) is 4.34. The number of carbonyl (C=O) groups is 2. The van der Waals surface area contributed by atoms with Crippen LogP contribution in [0, 0.1) is 11.8 Å². The van der Waals surface area contributed by atoms with Crippen LogP contribution in [-0.2, 0) is 14.3 Å². The Morgan fingerprint density at radius 1 is 1.24 bits per heavy atom. The summed E-state index contributed by atoms with van der Waals surface area (Å²) in [5.41, 5.74) is 0. The van der Waals surface area contributed by atoms with Crippen molar-refractivity contribution in [3.63, 3.8) is 0 Å². The SMILES string of the molecule is CCN(C(=O)C(C)C(C)C(=O)O)C(C)COC. The molecule has 1 amide bonds. The van der Waals surface area contributed by atoms with E-state index in [0.717, 1.165) is 0 Å². The number of carboxylic acid groups (broad SMARTS) is 1. The normalized spacial score (nSPS) is 16.1. The van der Waals surface area contributed by atoms with Crippen LogP contribution in [-0.4, -0.2) is 48.2 Å². The van der Waals surface area contributed by atoms with E-state index in [1.54, 1.807) is 25.9 Å². The molecule has 0 bridgehead atoms. The number of nitrogens with zero attached hydrogens (tertiary/aromatic N) is 1. The zero-order chi connectivity index (χ0) is 13.6. The monoisotopic (exact) mass is 245 g/mol. The number of likely N-dealkylation sites (N-methyl/N-ethyl adjacent to an activating group) is 1. The second-order valence-corrected chi connectivity index (χ2v) is 4.34. The molecule has 3 unspecified atom stereocenters. The van der Waals surface area contributed by atoms with E-state index in [9.17, 15) is 9.59 Å². The Balaban J connectivity index is 4.68. The van der Waals surface area contributed by atoms with Crippen LogP contribution in [0.3, 0.4) is 0 Å². The van der Waals surface area contributed by atoms with Gasteiger partial charge in [-0.15, -0.1) is 0 Å². The molecule has 17 heavy (non-hydrogen) atoms. The van der Waals surface area contributed by atoms with Crippen molar-refractivity contribution in [3.8, 4) is 0 Å². The Kier molecular flexibility index (Phi) is 6.80. The van der Waals surface area contributed by atoms with Gasteiger partial charge >= 0.3 is 5.97 Å². The number of carbonyl (C=O) groups excluding carboxylic acids is 1. The molecule has 0 rings (SSSR count). The standard InChI is InChI=1S/C12H23NO4/c1-6-13(8(2)7-17-5)11(14)9(3)10(4)12(15)16/h8-10H,6-7H2,1-5H3,(H,15,16). The van der Waals surface area contributed by atoms with E-state index in [1.807, 2.05) is 13.8 Å². The summed E-state index contributed by atoms with van der Waals surface area (Å²) in [5, 5.41) is 8.90. The molecule has 0 aromatic heterocycles. The Hall–Kier alpha value is -1.10. The summed E-state index contributed by atoms with van der Waals surface area (Å²) in [6.45, 7) is 7.99. The molecule has 0 radical (unpaired) electrons. The number of hydrogen-bond donors (Lipinski definition) is 1. The van der Waals surface area contributed by atoms with Crippen LogP contribution in [0.4, 0.5) is 0 Å². The van der Waals surface area contributed by atoms with Crippen molar-refractivity contribution < 1.29 is 19.4 Å². The fourth-order valence-electron chi connectivity index (χ4n) is 1.71. The van der Waals surface area contributed by atoms with Crippen LogP contribution in [0.2, 0.25) is 0 Å². The molecule has 3 atom stereocenters. The first-order valence-electron chi connectivity index (χ1n) is 5.88. The molecule has 0 fully saturated rings. The van der Waals surface area contributed by atoms with Crippen LogP contribution < -0.4 is 0 Å². The smallest absolute Gasteiger partial charge is 0.307 e. The van der Waals surface area contributed by atoms with Gasteiger partial charge in [0.05, 0.1) is 18.6 Å². The molecule has 5 heteroatoms. The molecule has 0 saturated carbocycles. The molecule has 100 valence electrons. The van der Waals surface area contributed by atoms with Crippen molar-refractivity contribution in [2.45, 2.75) is 33.7 Å². The van der Waals surface area contributed by atoms with Gasteiger partial charge in [-0.25, -0.2) is 0 Å². The molecule has 0 heterocycles. The van der Waals surface area contributed by atoms with Gasteiger partial charge in [0.15, 0.2) is 0 Å². The number of ether oxygens (including phenoxy) is 1. The quantitative estimate of drug-likeness (QED) is 0.732. The molecule has 0 aliphatic carbocycles. The van der Waals surface area contributed by atoms with E-state index >= 15 is 0 Å². The van der Waals surface area contributed by atoms with Gasteiger partial charge in [-0.2, -0.15) is 0 Å². The summed E-state index contributed by atoms with van der Waals surface area (Å²) in [5.74, 6) is -2.27. The predicted octanol–water partition coefficient (Wildman–Crippen LogP) is 1.23. The lowest BCUT2D eigenvalue weighted by atomic mass is 9.94. The number of carboxylic acids is 1. The Morgan fingerprint density at radius 3 is 2.12 bits per heavy atom. The van der Waals surface area contributed by atoms with Crippen molar-refractivity contribution in [2.24, 2.45) is 11.8 Å². The second kappa shape index (κ2) is 7.27. The molecular weight excluding hydrogens is 222 g/mol. The van der Waals surface area contributed by atoms with Gasteiger partial charge in [-0.05, 0) is 13.8 Å². The maximum Gasteiger partial charge on any atom is 0.307 e. The second-order valence-electron chi connectivity index (χ2n) is 4.34. The van der Waals surface area contributed by atoms with Crippen molar-refractivity contribution >= 4 is 11.9 Å². The zero-order valence-electron chi connectivity index (χ0n) is 11.3. The number of rotatable bonds is 7. The highest BCUT2D eigenvalue weighted by atomic mass is 16.5. The first-order valence-corrected chi connectivity index (χ1v) is 5.88. The van der Waals surface area contributed by atoms with Gasteiger partial charge in [0.1, 0.15) is 0 Å². The lowest BCUT2D eigenvalue weighted by Crippen LogP contribution is -2.45. The van der Waals surface area contributed by atoms with Gasteiger partial charge in [-0.3, -0.25) is 9.59 Å². The van der Waals surface area contributed by atoms with Crippen molar-refractivity contribution in [2.75, 3.05) is 20.3 Å². The molecule has 0 aromatic rings. The average molecular weight is 245 g/mol. The Labute approximate surface area is 103 Å². The molecule has 0 aliphatic rings. The number of methoxy groups -OCH3 is 1. The van der Waals surface area contributed by atoms with Gasteiger partial charge in [0, 0.05) is 19.6 Å². The number of hydrogen-bond acceptors (Lipinski definition) is 3. The molecule has 5 nitrogen and oxygen atoms in total. The molecule has 0 aliphatic heterocycles. The van der Waals surface area contributed by atoms with Crippen LogP contribution in [0.15, 0.2) is 0 Å². The molecule has 0 saturated heterocycles. The fourth-order valence-corrected chi connectivity index (χ4v) is 1.71. The van der Waals surface area contributed by atoms with Gasteiger partial charge < -0.3 is 14.7 Å². The number of aliphatic carboxylic acids is 1. The van der Waals surface area contributed by atoms with E-state index in [1.165, 1.54) is 0 Å². The summed E-state index contributed by atoms with van der Waals surface area (Å²) in [6.07, 6.45) is 0. The first kappa shape index (κ1) is 15.9. The largest absolute Gasteiger partial charge is 0.481 e. The van der Waals surface area contributed by atoms with Gasteiger partial charge in [0.2, 0.25) is 5.91 Å². The molecule has 1 N–H and O–H groups in total. The summed E-state index contributed by atoms with van der Waals surface area (Å²) in [6, 6.07) is -0.0408. The maximum absolute atomic E-state index is 12.1. The molecule has 0 spiro atoms. The van der Waals surface area contributed by atoms with Gasteiger partial charge in [-0.1, -0.05) is 13.8 Å². The summed E-state index contributed by atoms with van der Waals surface area (Å²) in [7, 11) is 1.58. The fraction of sp³-hybridized carbons (Fsp3) is 0.833. The van der Waals surface area contributed by atoms with Crippen molar-refractivity contribution in [1.82, 2.24) is 4.90 Å². The van der Waals surface area contributed by atoms with Crippen LogP contribution in [0.1, 0.15) is 27.7 Å². The summed E-state index contributed by atoms with van der Waals surface area (Å²) < 4.78 is 5.01. The highest BCUT2D eigenvalue weighted by Crippen LogP contribution is 2.16. The topological polar surface area (TPSA) is 66.8 Å². The lowest BCUT2D eigenvalue weighted by molar-refractivity contribution is -0.150. The van der Waals surface area contributed by atoms with Crippen LogP contribution in [0.25, 0.3) is 0 Å². The minimum atomic E-state index is -0.943. The van der Waals surface area contributed by atoms with E-state index in [2.05, 4.69) is 0 Å². The van der Waals surface area contributed by atoms with E-state index in [-0.39, 0.29) is 11.9 Å². The third-order valence-electron chi connectivity index (χ3n) is 3.09. The maximum atomic E-state index is 12.1. The third-order valence-corrected chi connectivity index (χ3v) is 3.09. The molecular formula is C12H23NO4. The van der Waals surface area contributed by atoms with E-state index in [0.29, 0.717) is 13.2 Å². The highest BCUT2D eigenvalue weighted by Gasteiger charge is 2.30. The zero-order valence-corrected chi connectivity index (χ0v) is 11.3. The predicted molar refractivity (Wildman–Crippen MR) is 64.7 cm³/mol. The lowest BCUT2D eigenvalue weighted by Gasteiger charge is -2.31. The summed E-state index contributed by atoms with van der Waals surface area (Å²) in [4.78, 5) is 24.7. The number of amides is 1. The Morgan fingerprint density at radius 2 is 1.76 bits per heavy atom. The summed E-state index contributed by atoms with van der Waals surface area (Å²) >= 11 is 0. The van der Waals surface area contributed by atoms with Crippen LogP contribution in [0.5, 0.6) is 0 Å². The molecule has 0 aromatic carbocycles. The van der Waals surface area contributed by atoms with E-state index < -0.39 is 17.8 Å². The Bertz CT molecular complexity index is 267. The van der Waals surface area contributed by atoms with E-state index in [4.69, 9.17) is 9.84 Å². The van der Waals surface area contributed by atoms with Crippen LogP contribution >= 0.6 is 0 Å². The minimum absolute atomic E-state index is 0.0408. The highest BCUT2D eigenvalue weighted by molar-refractivity contribution is 5.84. The average Bonchev–Trinajstić information content (AvgIpc) is 2.28. The van der Waals surface area contributed by atoms with Gasteiger partial charge in [0.25, 0.3) is 0 Å². The minimum Gasteiger partial charge on any atom is -0.481 e. The van der Waals surface area contributed by atoms with Crippen molar-refractivity contribution in [3.05, 3.63) is 0 Å². The van der Waals surface area contributed by atoms with Crippen molar-refractivity contribution in [1.29, 1.82) is 0 Å².